The first-order chi connectivity index (χ1) is 13.2. The SMILES string of the molecule is O=C(N/N=C(\c1ccccc1)c1cccnc1)c1sc2ccccc2c1Cl. The third-order valence-electron chi connectivity index (χ3n) is 3.99. The van der Waals surface area contributed by atoms with Crippen LogP contribution in [-0.4, -0.2) is 16.6 Å². The molecule has 0 saturated heterocycles. The molecular formula is C21H14ClN3OS. The van der Waals surface area contributed by atoms with E-state index in [0.717, 1.165) is 21.2 Å². The zero-order chi connectivity index (χ0) is 18.6. The van der Waals surface area contributed by atoms with Gasteiger partial charge in [-0.15, -0.1) is 11.3 Å². The Morgan fingerprint density at radius 2 is 1.70 bits per heavy atom. The number of halogens is 1. The summed E-state index contributed by atoms with van der Waals surface area (Å²) in [7, 11) is 0. The molecule has 2 heterocycles. The summed E-state index contributed by atoms with van der Waals surface area (Å²) >= 11 is 7.74. The van der Waals surface area contributed by atoms with Crippen LogP contribution in [0.15, 0.2) is 84.2 Å². The number of nitrogens with zero attached hydrogens (tertiary/aromatic N) is 2. The van der Waals surface area contributed by atoms with Gasteiger partial charge in [0, 0.05) is 33.6 Å². The molecule has 132 valence electrons. The van der Waals surface area contributed by atoms with Crippen LogP contribution in [-0.2, 0) is 0 Å². The Balaban J connectivity index is 1.69. The van der Waals surface area contributed by atoms with Gasteiger partial charge in [0.15, 0.2) is 0 Å². The molecule has 0 atom stereocenters. The maximum Gasteiger partial charge on any atom is 0.283 e. The number of nitrogens with one attached hydrogen (secondary N) is 1. The zero-order valence-corrected chi connectivity index (χ0v) is 15.7. The van der Waals surface area contributed by atoms with E-state index in [-0.39, 0.29) is 5.91 Å². The summed E-state index contributed by atoms with van der Waals surface area (Å²) in [5.74, 6) is -0.335. The molecule has 1 N–H and O–H groups in total. The molecule has 0 aliphatic carbocycles. The Morgan fingerprint density at radius 1 is 0.963 bits per heavy atom. The van der Waals surface area contributed by atoms with E-state index < -0.39 is 0 Å². The molecule has 4 aromatic rings. The molecule has 0 saturated carbocycles. The van der Waals surface area contributed by atoms with Gasteiger partial charge >= 0.3 is 0 Å². The van der Waals surface area contributed by atoms with Crippen molar-refractivity contribution in [2.45, 2.75) is 0 Å². The first kappa shape index (κ1) is 17.4. The fraction of sp³-hybridized carbons (Fsp3) is 0. The molecule has 0 fully saturated rings. The smallest absolute Gasteiger partial charge is 0.266 e. The van der Waals surface area contributed by atoms with E-state index in [1.54, 1.807) is 12.4 Å². The predicted molar refractivity (Wildman–Crippen MR) is 111 cm³/mol. The van der Waals surface area contributed by atoms with Crippen molar-refractivity contribution in [2.24, 2.45) is 5.10 Å². The molecule has 4 nitrogen and oxygen atoms in total. The highest BCUT2D eigenvalue weighted by atomic mass is 35.5. The summed E-state index contributed by atoms with van der Waals surface area (Å²) < 4.78 is 0.965. The third kappa shape index (κ3) is 3.60. The van der Waals surface area contributed by atoms with Gasteiger partial charge in [-0.1, -0.05) is 60.1 Å². The van der Waals surface area contributed by atoms with Gasteiger partial charge in [-0.3, -0.25) is 9.78 Å². The lowest BCUT2D eigenvalue weighted by atomic mass is 10.0. The van der Waals surface area contributed by atoms with E-state index in [2.05, 4.69) is 15.5 Å². The Morgan fingerprint density at radius 3 is 2.44 bits per heavy atom. The van der Waals surface area contributed by atoms with E-state index in [0.29, 0.717) is 15.6 Å². The van der Waals surface area contributed by atoms with Crippen LogP contribution < -0.4 is 5.43 Å². The fourth-order valence-corrected chi connectivity index (χ4v) is 4.12. The van der Waals surface area contributed by atoms with Gasteiger partial charge < -0.3 is 0 Å². The van der Waals surface area contributed by atoms with Crippen LogP contribution in [0.25, 0.3) is 10.1 Å². The number of rotatable bonds is 4. The first-order valence-electron chi connectivity index (χ1n) is 8.25. The highest BCUT2D eigenvalue weighted by molar-refractivity contribution is 7.21. The molecule has 0 aliphatic heterocycles. The number of carbonyl (C=O) groups is 1. The predicted octanol–water partition coefficient (Wildman–Crippen LogP) is 5.13. The Bertz CT molecular complexity index is 1080. The third-order valence-corrected chi connectivity index (χ3v) is 5.67. The van der Waals surface area contributed by atoms with E-state index in [4.69, 9.17) is 11.6 Å². The molecule has 6 heteroatoms. The Labute approximate surface area is 165 Å². The van der Waals surface area contributed by atoms with Gasteiger partial charge in [0.25, 0.3) is 5.91 Å². The molecule has 0 aliphatic rings. The highest BCUT2D eigenvalue weighted by Crippen LogP contribution is 2.34. The molecule has 27 heavy (non-hydrogen) atoms. The van der Waals surface area contributed by atoms with Crippen molar-refractivity contribution in [3.8, 4) is 0 Å². The molecule has 4 rings (SSSR count). The molecule has 0 bridgehead atoms. The van der Waals surface area contributed by atoms with E-state index in [1.807, 2.05) is 66.7 Å². The Kier molecular flexibility index (Phi) is 4.96. The van der Waals surface area contributed by atoms with Crippen molar-refractivity contribution in [1.82, 2.24) is 10.4 Å². The van der Waals surface area contributed by atoms with Gasteiger partial charge in [0.1, 0.15) is 4.88 Å². The molecule has 0 radical (unpaired) electrons. The average Bonchev–Trinajstić information content (AvgIpc) is 3.07. The summed E-state index contributed by atoms with van der Waals surface area (Å²) in [4.78, 5) is 17.3. The lowest BCUT2D eigenvalue weighted by Gasteiger charge is -2.07. The standard InChI is InChI=1S/C21H14ClN3OS/c22-18-16-10-4-5-11-17(16)27-20(18)21(26)25-24-19(14-7-2-1-3-8-14)15-9-6-12-23-13-15/h1-13H,(H,25,26)/b24-19+. The zero-order valence-electron chi connectivity index (χ0n) is 14.1. The highest BCUT2D eigenvalue weighted by Gasteiger charge is 2.17. The maximum atomic E-state index is 12.7. The number of hydrazone groups is 1. The average molecular weight is 392 g/mol. The number of pyridine rings is 1. The van der Waals surface area contributed by atoms with Gasteiger partial charge in [-0.05, 0) is 18.2 Å². The normalized spacial score (nSPS) is 11.5. The number of thiophene rings is 1. The molecule has 2 aromatic carbocycles. The van der Waals surface area contributed by atoms with Gasteiger partial charge in [0.05, 0.1) is 10.7 Å². The van der Waals surface area contributed by atoms with Crippen LogP contribution >= 0.6 is 22.9 Å². The van der Waals surface area contributed by atoms with Crippen molar-refractivity contribution >= 4 is 44.6 Å². The van der Waals surface area contributed by atoms with Crippen LogP contribution in [0.3, 0.4) is 0 Å². The fourth-order valence-electron chi connectivity index (χ4n) is 2.71. The summed E-state index contributed by atoms with van der Waals surface area (Å²) in [5.41, 5.74) is 4.97. The minimum atomic E-state index is -0.335. The molecule has 1 amide bonds. The van der Waals surface area contributed by atoms with Crippen molar-refractivity contribution in [3.05, 3.63) is 100 Å². The van der Waals surface area contributed by atoms with Gasteiger partial charge in [0.2, 0.25) is 0 Å². The largest absolute Gasteiger partial charge is 0.283 e. The number of fused-ring (bicyclic) bond motifs is 1. The monoisotopic (exact) mass is 391 g/mol. The number of hydrogen-bond acceptors (Lipinski definition) is 4. The second-order valence-corrected chi connectivity index (χ2v) is 7.18. The van der Waals surface area contributed by atoms with Crippen LogP contribution in [0, 0.1) is 0 Å². The van der Waals surface area contributed by atoms with Crippen LogP contribution in [0.1, 0.15) is 20.8 Å². The number of benzene rings is 2. The van der Waals surface area contributed by atoms with Crippen molar-refractivity contribution < 1.29 is 4.79 Å². The summed E-state index contributed by atoms with van der Waals surface area (Å²) in [5, 5.41) is 5.70. The van der Waals surface area contributed by atoms with Gasteiger partial charge in [-0.25, -0.2) is 5.43 Å². The molecular weight excluding hydrogens is 378 g/mol. The Hall–Kier alpha value is -3.02. The van der Waals surface area contributed by atoms with Crippen LogP contribution in [0.5, 0.6) is 0 Å². The second kappa shape index (κ2) is 7.70. The quantitative estimate of drug-likeness (QED) is 0.387. The molecule has 0 spiro atoms. The molecule has 0 unspecified atom stereocenters. The van der Waals surface area contributed by atoms with Crippen molar-refractivity contribution in [3.63, 3.8) is 0 Å². The van der Waals surface area contributed by atoms with Crippen molar-refractivity contribution in [2.75, 3.05) is 0 Å². The number of carbonyl (C=O) groups excluding carboxylic acids is 1. The number of amides is 1. The number of hydrogen-bond donors (Lipinski definition) is 1. The summed E-state index contributed by atoms with van der Waals surface area (Å²) in [6, 6.07) is 21.0. The first-order valence-corrected chi connectivity index (χ1v) is 9.44. The summed E-state index contributed by atoms with van der Waals surface area (Å²) in [6.45, 7) is 0. The van der Waals surface area contributed by atoms with Gasteiger partial charge in [-0.2, -0.15) is 5.10 Å². The van der Waals surface area contributed by atoms with E-state index in [1.165, 1.54) is 11.3 Å². The minimum absolute atomic E-state index is 0.335. The van der Waals surface area contributed by atoms with Crippen LogP contribution in [0.4, 0.5) is 0 Å². The van der Waals surface area contributed by atoms with E-state index in [9.17, 15) is 4.79 Å². The lowest BCUT2D eigenvalue weighted by molar-refractivity contribution is 0.0959. The molecule has 2 aromatic heterocycles. The van der Waals surface area contributed by atoms with Crippen LogP contribution in [0.2, 0.25) is 5.02 Å². The lowest BCUT2D eigenvalue weighted by Crippen LogP contribution is -2.20. The number of aromatic nitrogens is 1. The van der Waals surface area contributed by atoms with E-state index >= 15 is 0 Å². The topological polar surface area (TPSA) is 54.4 Å². The van der Waals surface area contributed by atoms with Crippen molar-refractivity contribution in [1.29, 1.82) is 0 Å². The summed E-state index contributed by atoms with van der Waals surface area (Å²) in [6.07, 6.45) is 3.41. The second-order valence-electron chi connectivity index (χ2n) is 5.75. The maximum absolute atomic E-state index is 12.7. The minimum Gasteiger partial charge on any atom is -0.266 e.